The molecule has 2 aromatic carbocycles. The topological polar surface area (TPSA) is 71.5 Å². The van der Waals surface area contributed by atoms with Crippen LogP contribution in [0.4, 0.5) is 10.8 Å². The maximum atomic E-state index is 12.7. The Morgan fingerprint density at radius 3 is 2.75 bits per heavy atom. The summed E-state index contributed by atoms with van der Waals surface area (Å²) in [5, 5.41) is 3.44. The van der Waals surface area contributed by atoms with Gasteiger partial charge in [-0.15, -0.1) is 0 Å². The van der Waals surface area contributed by atoms with Crippen molar-refractivity contribution >= 4 is 44.2 Å². The van der Waals surface area contributed by atoms with Crippen LogP contribution >= 0.6 is 11.3 Å². The quantitative estimate of drug-likeness (QED) is 0.727. The van der Waals surface area contributed by atoms with E-state index in [0.717, 1.165) is 21.3 Å². The highest BCUT2D eigenvalue weighted by Crippen LogP contribution is 2.34. The van der Waals surface area contributed by atoms with Gasteiger partial charge in [-0.25, -0.2) is 4.98 Å². The molecule has 1 N–H and O–H groups in total. The number of hydrogen-bond donors (Lipinski definition) is 1. The van der Waals surface area contributed by atoms with Crippen LogP contribution in [0.3, 0.4) is 0 Å². The minimum Gasteiger partial charge on any atom is -0.495 e. The van der Waals surface area contributed by atoms with Crippen LogP contribution in [0, 0.1) is 19.8 Å². The molecule has 0 bridgehead atoms. The fourth-order valence-electron chi connectivity index (χ4n) is 3.42. The molecule has 1 aliphatic rings. The number of fused-ring (bicyclic) bond motifs is 1. The Labute approximate surface area is 167 Å². The van der Waals surface area contributed by atoms with Crippen LogP contribution in [0.25, 0.3) is 10.2 Å². The van der Waals surface area contributed by atoms with E-state index in [9.17, 15) is 9.59 Å². The number of methoxy groups -OCH3 is 1. The highest BCUT2D eigenvalue weighted by Gasteiger charge is 2.36. The smallest absolute Gasteiger partial charge is 0.231 e. The lowest BCUT2D eigenvalue weighted by Crippen LogP contribution is -2.28. The number of thiazole rings is 1. The first kappa shape index (κ1) is 18.4. The number of benzene rings is 2. The molecule has 1 aliphatic heterocycles. The van der Waals surface area contributed by atoms with Crippen molar-refractivity contribution in [2.24, 2.45) is 5.92 Å². The molecule has 7 heteroatoms. The SMILES string of the molecule is COc1ccc(C)cc1N1CC(C(=O)Nc2nc3ccc(C)cc3s2)CC1=O. The van der Waals surface area contributed by atoms with Gasteiger partial charge in [0.25, 0.3) is 0 Å². The maximum Gasteiger partial charge on any atom is 0.231 e. The zero-order valence-electron chi connectivity index (χ0n) is 16.0. The first-order chi connectivity index (χ1) is 13.4. The van der Waals surface area contributed by atoms with E-state index in [1.165, 1.54) is 11.3 Å². The molecule has 1 saturated heterocycles. The minimum absolute atomic E-state index is 0.0797. The van der Waals surface area contributed by atoms with Gasteiger partial charge in [-0.2, -0.15) is 0 Å². The molecule has 28 heavy (non-hydrogen) atoms. The second kappa shape index (κ2) is 7.24. The Hall–Kier alpha value is -2.93. The van der Waals surface area contributed by atoms with Crippen molar-refractivity contribution in [3.8, 4) is 5.75 Å². The number of carbonyl (C=O) groups is 2. The van der Waals surface area contributed by atoms with Crippen LogP contribution in [0.5, 0.6) is 5.75 Å². The van der Waals surface area contributed by atoms with E-state index < -0.39 is 5.92 Å². The molecule has 2 amide bonds. The number of rotatable bonds is 4. The number of aromatic nitrogens is 1. The van der Waals surface area contributed by atoms with Crippen molar-refractivity contribution < 1.29 is 14.3 Å². The number of nitrogens with zero attached hydrogens (tertiary/aromatic N) is 2. The molecule has 1 atom stereocenters. The normalized spacial score (nSPS) is 16.6. The average Bonchev–Trinajstić information content (AvgIpc) is 3.24. The zero-order chi connectivity index (χ0) is 19.8. The molecule has 0 radical (unpaired) electrons. The largest absolute Gasteiger partial charge is 0.495 e. The molecule has 2 heterocycles. The molecule has 0 aliphatic carbocycles. The van der Waals surface area contributed by atoms with Gasteiger partial charge in [0.15, 0.2) is 5.13 Å². The monoisotopic (exact) mass is 395 g/mol. The summed E-state index contributed by atoms with van der Waals surface area (Å²) in [6.07, 6.45) is 0.174. The van der Waals surface area contributed by atoms with Gasteiger partial charge in [0.2, 0.25) is 11.8 Å². The molecule has 0 spiro atoms. The molecule has 4 rings (SSSR count). The van der Waals surface area contributed by atoms with Gasteiger partial charge in [-0.3, -0.25) is 9.59 Å². The van der Waals surface area contributed by atoms with Crippen LogP contribution in [0.15, 0.2) is 36.4 Å². The predicted octanol–water partition coefficient (Wildman–Crippen LogP) is 3.91. The number of ether oxygens (including phenoxy) is 1. The summed E-state index contributed by atoms with van der Waals surface area (Å²) < 4.78 is 6.42. The Morgan fingerprint density at radius 2 is 1.96 bits per heavy atom. The van der Waals surface area contributed by atoms with Crippen LogP contribution in [0.1, 0.15) is 17.5 Å². The summed E-state index contributed by atoms with van der Waals surface area (Å²) in [5.41, 5.74) is 3.75. The van der Waals surface area contributed by atoms with Crippen LogP contribution in [-0.2, 0) is 9.59 Å². The van der Waals surface area contributed by atoms with Crippen LogP contribution in [-0.4, -0.2) is 30.5 Å². The average molecular weight is 395 g/mol. The number of nitrogens with one attached hydrogen (secondary N) is 1. The summed E-state index contributed by atoms with van der Waals surface area (Å²) in [7, 11) is 1.58. The fourth-order valence-corrected chi connectivity index (χ4v) is 4.39. The van der Waals surface area contributed by atoms with E-state index in [-0.39, 0.29) is 18.2 Å². The lowest BCUT2D eigenvalue weighted by Gasteiger charge is -2.20. The van der Waals surface area contributed by atoms with E-state index in [1.807, 2.05) is 50.2 Å². The third kappa shape index (κ3) is 3.45. The molecule has 6 nitrogen and oxygen atoms in total. The Balaban J connectivity index is 1.51. The van der Waals surface area contributed by atoms with Crippen molar-refractivity contribution in [2.75, 3.05) is 23.9 Å². The predicted molar refractivity (Wildman–Crippen MR) is 111 cm³/mol. The van der Waals surface area contributed by atoms with Gasteiger partial charge in [-0.05, 0) is 49.2 Å². The van der Waals surface area contributed by atoms with E-state index in [0.29, 0.717) is 23.1 Å². The standard InChI is InChI=1S/C21H21N3O3S/c1-12-5-7-17(27-3)16(8-12)24-11-14(10-19(24)25)20(26)23-21-22-15-6-4-13(2)9-18(15)28-21/h4-9,14H,10-11H2,1-3H3,(H,22,23,26). The third-order valence-electron chi connectivity index (χ3n) is 4.90. The van der Waals surface area contributed by atoms with Gasteiger partial charge in [-0.1, -0.05) is 23.5 Å². The van der Waals surface area contributed by atoms with Gasteiger partial charge >= 0.3 is 0 Å². The van der Waals surface area contributed by atoms with Crippen LogP contribution < -0.4 is 15.0 Å². The van der Waals surface area contributed by atoms with Crippen LogP contribution in [0.2, 0.25) is 0 Å². The summed E-state index contributed by atoms with van der Waals surface area (Å²) in [6, 6.07) is 11.7. The van der Waals surface area contributed by atoms with E-state index >= 15 is 0 Å². The number of carbonyl (C=O) groups excluding carboxylic acids is 2. The maximum absolute atomic E-state index is 12.7. The zero-order valence-corrected chi connectivity index (χ0v) is 16.8. The molecule has 1 fully saturated rings. The lowest BCUT2D eigenvalue weighted by atomic mass is 10.1. The molecule has 144 valence electrons. The fraction of sp³-hybridized carbons (Fsp3) is 0.286. The van der Waals surface area contributed by atoms with E-state index in [1.54, 1.807) is 12.0 Å². The van der Waals surface area contributed by atoms with Crippen molar-refractivity contribution in [2.45, 2.75) is 20.3 Å². The van der Waals surface area contributed by atoms with Crippen molar-refractivity contribution in [3.05, 3.63) is 47.5 Å². The molecule has 3 aromatic rings. The molecular weight excluding hydrogens is 374 g/mol. The van der Waals surface area contributed by atoms with Gasteiger partial charge in [0.05, 0.1) is 28.9 Å². The number of amides is 2. The first-order valence-electron chi connectivity index (χ1n) is 9.07. The van der Waals surface area contributed by atoms with E-state index in [4.69, 9.17) is 4.74 Å². The van der Waals surface area contributed by atoms with E-state index in [2.05, 4.69) is 10.3 Å². The number of aryl methyl sites for hydroxylation is 2. The molecule has 0 saturated carbocycles. The summed E-state index contributed by atoms with van der Waals surface area (Å²) in [4.78, 5) is 31.4. The second-order valence-electron chi connectivity index (χ2n) is 7.06. The summed E-state index contributed by atoms with van der Waals surface area (Å²) in [5.74, 6) is -0.0600. The van der Waals surface area contributed by atoms with Gasteiger partial charge < -0.3 is 15.0 Å². The Bertz CT molecular complexity index is 1080. The molecular formula is C21H21N3O3S. The van der Waals surface area contributed by atoms with Gasteiger partial charge in [0.1, 0.15) is 5.75 Å². The lowest BCUT2D eigenvalue weighted by molar-refractivity contribution is -0.122. The summed E-state index contributed by atoms with van der Waals surface area (Å²) >= 11 is 1.44. The van der Waals surface area contributed by atoms with Crippen molar-refractivity contribution in [3.63, 3.8) is 0 Å². The molecule has 1 aromatic heterocycles. The number of hydrogen-bond acceptors (Lipinski definition) is 5. The third-order valence-corrected chi connectivity index (χ3v) is 5.83. The highest BCUT2D eigenvalue weighted by molar-refractivity contribution is 7.22. The minimum atomic E-state index is -0.425. The Kier molecular flexibility index (Phi) is 4.77. The highest BCUT2D eigenvalue weighted by atomic mass is 32.1. The van der Waals surface area contributed by atoms with Gasteiger partial charge in [0, 0.05) is 13.0 Å². The van der Waals surface area contributed by atoms with Crippen molar-refractivity contribution in [1.82, 2.24) is 4.98 Å². The second-order valence-corrected chi connectivity index (χ2v) is 8.09. The van der Waals surface area contributed by atoms with Crippen molar-refractivity contribution in [1.29, 1.82) is 0 Å². The summed E-state index contributed by atoms with van der Waals surface area (Å²) in [6.45, 7) is 4.31. The number of anilines is 2. The molecule has 1 unspecified atom stereocenters. The first-order valence-corrected chi connectivity index (χ1v) is 9.89. The Morgan fingerprint density at radius 1 is 1.21 bits per heavy atom.